The Morgan fingerprint density at radius 3 is 2.70 bits per heavy atom. The van der Waals surface area contributed by atoms with E-state index in [-0.39, 0.29) is 24.5 Å². The van der Waals surface area contributed by atoms with Gasteiger partial charge in [0.15, 0.2) is 5.82 Å². The number of aliphatic hydroxyl groups is 1. The number of carbonyl (C=O) groups is 1. The van der Waals surface area contributed by atoms with Gasteiger partial charge in [0.2, 0.25) is 0 Å². The van der Waals surface area contributed by atoms with E-state index in [2.05, 4.69) is 20.7 Å². The van der Waals surface area contributed by atoms with Gasteiger partial charge >= 0.3 is 0 Å². The molecule has 2 heterocycles. The van der Waals surface area contributed by atoms with Crippen LogP contribution in [0.25, 0.3) is 11.3 Å². The SMILES string of the molecule is Cc1onc(-c2ccccc2)c1C(=O)NC1CC(c2nnc(CO)n2C)C1. The number of nitrogens with zero attached hydrogens (tertiary/aromatic N) is 4. The van der Waals surface area contributed by atoms with E-state index >= 15 is 0 Å². The Hall–Kier alpha value is -3.00. The lowest BCUT2D eigenvalue weighted by molar-refractivity contribution is 0.0906. The van der Waals surface area contributed by atoms with Gasteiger partial charge < -0.3 is 19.5 Å². The summed E-state index contributed by atoms with van der Waals surface area (Å²) in [6, 6.07) is 9.59. The number of rotatable bonds is 5. The average Bonchev–Trinajstić information content (AvgIpc) is 3.21. The molecular weight excluding hydrogens is 346 g/mol. The molecule has 1 saturated carbocycles. The third kappa shape index (κ3) is 3.12. The van der Waals surface area contributed by atoms with Crippen molar-refractivity contribution in [2.75, 3.05) is 0 Å². The quantitative estimate of drug-likeness (QED) is 0.714. The van der Waals surface area contributed by atoms with Crippen molar-refractivity contribution >= 4 is 5.91 Å². The van der Waals surface area contributed by atoms with Crippen LogP contribution >= 0.6 is 0 Å². The van der Waals surface area contributed by atoms with Crippen molar-refractivity contribution in [1.82, 2.24) is 25.2 Å². The number of amides is 1. The van der Waals surface area contributed by atoms with Gasteiger partial charge in [0.05, 0.1) is 0 Å². The fourth-order valence-corrected chi connectivity index (χ4v) is 3.51. The van der Waals surface area contributed by atoms with E-state index in [9.17, 15) is 9.90 Å². The first-order valence-electron chi connectivity index (χ1n) is 8.90. The van der Waals surface area contributed by atoms with E-state index < -0.39 is 0 Å². The van der Waals surface area contributed by atoms with Gasteiger partial charge in [-0.2, -0.15) is 0 Å². The molecule has 1 amide bonds. The van der Waals surface area contributed by atoms with Crippen molar-refractivity contribution in [1.29, 1.82) is 0 Å². The topological polar surface area (TPSA) is 106 Å². The maximum atomic E-state index is 12.8. The monoisotopic (exact) mass is 367 g/mol. The Balaban J connectivity index is 1.44. The lowest BCUT2D eigenvalue weighted by Crippen LogP contribution is -2.44. The fraction of sp³-hybridized carbons (Fsp3) is 0.368. The zero-order chi connectivity index (χ0) is 19.0. The molecular formula is C19H21N5O3. The molecule has 1 aromatic carbocycles. The summed E-state index contributed by atoms with van der Waals surface area (Å²) in [7, 11) is 1.85. The van der Waals surface area contributed by atoms with Crippen LogP contribution in [-0.2, 0) is 13.7 Å². The lowest BCUT2D eigenvalue weighted by Gasteiger charge is -2.35. The molecule has 3 aromatic rings. The van der Waals surface area contributed by atoms with Crippen LogP contribution in [-0.4, -0.2) is 37.0 Å². The zero-order valence-corrected chi connectivity index (χ0v) is 15.2. The normalized spacial score (nSPS) is 18.9. The zero-order valence-electron chi connectivity index (χ0n) is 15.2. The number of aryl methyl sites for hydroxylation is 1. The van der Waals surface area contributed by atoms with Gasteiger partial charge in [-0.1, -0.05) is 35.5 Å². The highest BCUT2D eigenvalue weighted by atomic mass is 16.5. The molecule has 140 valence electrons. The third-order valence-electron chi connectivity index (χ3n) is 5.12. The first kappa shape index (κ1) is 17.4. The maximum absolute atomic E-state index is 12.8. The molecule has 4 rings (SSSR count). The van der Waals surface area contributed by atoms with Crippen molar-refractivity contribution in [2.24, 2.45) is 7.05 Å². The number of nitrogens with one attached hydrogen (secondary N) is 1. The maximum Gasteiger partial charge on any atom is 0.257 e. The van der Waals surface area contributed by atoms with E-state index in [0.717, 1.165) is 24.2 Å². The van der Waals surface area contributed by atoms with Gasteiger partial charge in [-0.05, 0) is 19.8 Å². The second-order valence-corrected chi connectivity index (χ2v) is 6.86. The number of carbonyl (C=O) groups excluding carboxylic acids is 1. The van der Waals surface area contributed by atoms with Crippen LogP contribution in [0, 0.1) is 6.92 Å². The second-order valence-electron chi connectivity index (χ2n) is 6.86. The molecule has 0 atom stereocenters. The summed E-state index contributed by atoms with van der Waals surface area (Å²) in [4.78, 5) is 12.8. The standard InChI is InChI=1S/C19H21N5O3/c1-11-16(17(23-27-11)12-6-4-3-5-7-12)19(26)20-14-8-13(9-14)18-22-21-15(10-25)24(18)2/h3-7,13-14,25H,8-10H2,1-2H3,(H,20,26). The highest BCUT2D eigenvalue weighted by Crippen LogP contribution is 2.36. The minimum Gasteiger partial charge on any atom is -0.388 e. The molecule has 2 N–H and O–H groups in total. The molecule has 2 aromatic heterocycles. The molecule has 0 bridgehead atoms. The van der Waals surface area contributed by atoms with Crippen LogP contribution < -0.4 is 5.32 Å². The summed E-state index contributed by atoms with van der Waals surface area (Å²) in [5.41, 5.74) is 1.88. The molecule has 0 saturated heterocycles. The van der Waals surface area contributed by atoms with Crippen LogP contribution in [0.5, 0.6) is 0 Å². The molecule has 0 spiro atoms. The Morgan fingerprint density at radius 2 is 2.04 bits per heavy atom. The minimum absolute atomic E-state index is 0.0645. The van der Waals surface area contributed by atoms with Crippen LogP contribution in [0.2, 0.25) is 0 Å². The summed E-state index contributed by atoms with van der Waals surface area (Å²) in [5, 5.41) is 24.5. The molecule has 0 aliphatic heterocycles. The van der Waals surface area contributed by atoms with Crippen molar-refractivity contribution in [3.8, 4) is 11.3 Å². The van der Waals surface area contributed by atoms with Gasteiger partial charge in [0.25, 0.3) is 5.91 Å². The molecule has 8 heteroatoms. The van der Waals surface area contributed by atoms with Crippen LogP contribution in [0.15, 0.2) is 34.9 Å². The first-order valence-corrected chi connectivity index (χ1v) is 8.90. The second kappa shape index (κ2) is 6.96. The third-order valence-corrected chi connectivity index (χ3v) is 5.12. The minimum atomic E-state index is -0.176. The lowest BCUT2D eigenvalue weighted by atomic mass is 9.79. The van der Waals surface area contributed by atoms with Gasteiger partial charge in [-0.3, -0.25) is 4.79 Å². The molecule has 0 radical (unpaired) electrons. The van der Waals surface area contributed by atoms with Gasteiger partial charge in [0, 0.05) is 24.6 Å². The van der Waals surface area contributed by atoms with E-state index in [1.54, 1.807) is 6.92 Å². The van der Waals surface area contributed by atoms with Crippen molar-refractivity contribution in [2.45, 2.75) is 38.3 Å². The number of aromatic nitrogens is 4. The van der Waals surface area contributed by atoms with Crippen LogP contribution in [0.1, 0.15) is 46.5 Å². The fourth-order valence-electron chi connectivity index (χ4n) is 3.51. The van der Waals surface area contributed by atoms with E-state index in [0.29, 0.717) is 22.8 Å². The highest BCUT2D eigenvalue weighted by molar-refractivity contribution is 6.01. The summed E-state index contributed by atoms with van der Waals surface area (Å²) < 4.78 is 7.09. The molecule has 1 fully saturated rings. The van der Waals surface area contributed by atoms with Crippen LogP contribution in [0.4, 0.5) is 0 Å². The Labute approximate surface area is 156 Å². The molecule has 8 nitrogen and oxygen atoms in total. The van der Waals surface area contributed by atoms with Crippen molar-refractivity contribution in [3.05, 3.63) is 53.3 Å². The molecule has 0 unspecified atom stereocenters. The number of hydrogen-bond donors (Lipinski definition) is 2. The van der Waals surface area contributed by atoms with Gasteiger partial charge in [-0.25, -0.2) is 0 Å². The van der Waals surface area contributed by atoms with Crippen molar-refractivity contribution < 1.29 is 14.4 Å². The summed E-state index contributed by atoms with van der Waals surface area (Å²) in [5.74, 6) is 1.94. The van der Waals surface area contributed by atoms with Gasteiger partial charge in [0.1, 0.15) is 29.4 Å². The summed E-state index contributed by atoms with van der Waals surface area (Å²) in [6.07, 6.45) is 1.57. The summed E-state index contributed by atoms with van der Waals surface area (Å²) in [6.45, 7) is 1.61. The number of aliphatic hydroxyl groups excluding tert-OH is 1. The van der Waals surface area contributed by atoms with Crippen molar-refractivity contribution in [3.63, 3.8) is 0 Å². The average molecular weight is 367 g/mol. The summed E-state index contributed by atoms with van der Waals surface area (Å²) >= 11 is 0. The van der Waals surface area contributed by atoms with Crippen LogP contribution in [0.3, 0.4) is 0 Å². The Bertz CT molecular complexity index is 957. The molecule has 1 aliphatic rings. The highest BCUT2D eigenvalue weighted by Gasteiger charge is 2.36. The Kier molecular flexibility index (Phi) is 4.49. The first-order chi connectivity index (χ1) is 13.1. The number of benzene rings is 1. The predicted molar refractivity (Wildman–Crippen MR) is 96.8 cm³/mol. The smallest absolute Gasteiger partial charge is 0.257 e. The van der Waals surface area contributed by atoms with E-state index in [1.807, 2.05) is 41.9 Å². The van der Waals surface area contributed by atoms with Gasteiger partial charge in [-0.15, -0.1) is 10.2 Å². The Morgan fingerprint density at radius 1 is 1.30 bits per heavy atom. The van der Waals surface area contributed by atoms with E-state index in [1.165, 1.54) is 0 Å². The predicted octanol–water partition coefficient (Wildman–Crippen LogP) is 1.95. The number of hydrogen-bond acceptors (Lipinski definition) is 6. The van der Waals surface area contributed by atoms with E-state index in [4.69, 9.17) is 4.52 Å². The molecule has 1 aliphatic carbocycles. The molecule has 27 heavy (non-hydrogen) atoms. The largest absolute Gasteiger partial charge is 0.388 e.